The van der Waals surface area contributed by atoms with Gasteiger partial charge in [0, 0.05) is 38.6 Å². The van der Waals surface area contributed by atoms with E-state index >= 15 is 0 Å². The lowest BCUT2D eigenvalue weighted by molar-refractivity contribution is -0.159. The Labute approximate surface area is 182 Å². The highest BCUT2D eigenvalue weighted by Gasteiger charge is 2.46. The highest BCUT2D eigenvalue weighted by Crippen LogP contribution is 2.30. The van der Waals surface area contributed by atoms with Crippen LogP contribution in [0.25, 0.3) is 6.08 Å². The number of likely N-dealkylation sites (tertiary alicyclic amines) is 1. The first-order chi connectivity index (χ1) is 14.5. The lowest BCUT2D eigenvalue weighted by atomic mass is 9.90. The van der Waals surface area contributed by atoms with Crippen LogP contribution in [0.2, 0.25) is 0 Å². The van der Waals surface area contributed by atoms with Crippen molar-refractivity contribution in [2.24, 2.45) is 5.92 Å². The molecule has 3 aliphatic rings. The van der Waals surface area contributed by atoms with E-state index in [1.54, 1.807) is 19.1 Å². The summed E-state index contributed by atoms with van der Waals surface area (Å²) in [6, 6.07) is 7.42. The number of hydrogen-bond donors (Lipinski definition) is 1. The molecule has 1 aromatic carbocycles. The lowest BCUT2D eigenvalue weighted by Crippen LogP contribution is -2.53. The standard InChI is InChI=1S/C23H28N2O4S/c1-28-23(29-2)17-8-5-9-25(17)22(27)21-20(19(30)13-24-21)18(26)12-14-10-15-6-3-4-7-16(15)11-14/h3-4,6-7,10,17,20-21,23-24H,5,8-9,11-13H2,1-2H3/t17-,20?,21-/m0/s1. The molecule has 0 aromatic heterocycles. The van der Waals surface area contributed by atoms with Crippen molar-refractivity contribution in [1.82, 2.24) is 10.2 Å². The Morgan fingerprint density at radius 1 is 1.27 bits per heavy atom. The van der Waals surface area contributed by atoms with Crippen LogP contribution in [0.1, 0.15) is 30.4 Å². The van der Waals surface area contributed by atoms with Crippen molar-refractivity contribution in [2.45, 2.75) is 44.1 Å². The van der Waals surface area contributed by atoms with Crippen LogP contribution in [-0.4, -0.2) is 67.1 Å². The third-order valence-corrected chi connectivity index (χ3v) is 6.78. The Bertz CT molecular complexity index is 880. The van der Waals surface area contributed by atoms with Gasteiger partial charge < -0.3 is 19.7 Å². The molecule has 4 rings (SSSR count). The molecule has 0 saturated carbocycles. The van der Waals surface area contributed by atoms with Gasteiger partial charge in [-0.3, -0.25) is 9.59 Å². The van der Waals surface area contributed by atoms with Crippen molar-refractivity contribution in [1.29, 1.82) is 0 Å². The molecule has 1 amide bonds. The number of fused-ring (bicyclic) bond motifs is 1. The summed E-state index contributed by atoms with van der Waals surface area (Å²) in [6.45, 7) is 1.05. The van der Waals surface area contributed by atoms with Gasteiger partial charge >= 0.3 is 0 Å². The number of Topliss-reactive ketones (excluding diaryl/α,β-unsaturated/α-hetero) is 1. The molecule has 30 heavy (non-hydrogen) atoms. The molecule has 0 radical (unpaired) electrons. The number of amides is 1. The third-order valence-electron chi connectivity index (χ3n) is 6.38. The fraction of sp³-hybridized carbons (Fsp3) is 0.522. The molecule has 2 heterocycles. The average molecular weight is 429 g/mol. The molecule has 1 unspecified atom stereocenters. The first-order valence-electron chi connectivity index (χ1n) is 10.5. The van der Waals surface area contributed by atoms with Gasteiger partial charge in [0.15, 0.2) is 6.29 Å². The zero-order valence-electron chi connectivity index (χ0n) is 17.4. The number of methoxy groups -OCH3 is 2. The molecular weight excluding hydrogens is 400 g/mol. The first-order valence-corrected chi connectivity index (χ1v) is 10.9. The maximum Gasteiger partial charge on any atom is 0.241 e. The van der Waals surface area contributed by atoms with E-state index in [1.807, 2.05) is 12.1 Å². The molecule has 6 nitrogen and oxygen atoms in total. The molecule has 7 heteroatoms. The number of carbonyl (C=O) groups excluding carboxylic acids is 2. The Hall–Kier alpha value is -1.93. The number of ether oxygens (including phenoxy) is 2. The summed E-state index contributed by atoms with van der Waals surface area (Å²) in [5.74, 6) is -0.631. The highest BCUT2D eigenvalue weighted by atomic mass is 32.1. The number of rotatable bonds is 7. The topological polar surface area (TPSA) is 67.9 Å². The van der Waals surface area contributed by atoms with Gasteiger partial charge in [0.1, 0.15) is 11.8 Å². The van der Waals surface area contributed by atoms with Crippen LogP contribution in [-0.2, 0) is 25.5 Å². The molecule has 0 bridgehead atoms. The van der Waals surface area contributed by atoms with Crippen LogP contribution >= 0.6 is 12.2 Å². The van der Waals surface area contributed by atoms with Crippen molar-refractivity contribution < 1.29 is 19.1 Å². The Morgan fingerprint density at radius 3 is 2.77 bits per heavy atom. The Balaban J connectivity index is 1.47. The molecule has 3 atom stereocenters. The average Bonchev–Trinajstić information content (AvgIpc) is 3.46. The van der Waals surface area contributed by atoms with Crippen LogP contribution in [0.15, 0.2) is 29.8 Å². The largest absolute Gasteiger partial charge is 0.354 e. The van der Waals surface area contributed by atoms with Crippen LogP contribution in [0.4, 0.5) is 0 Å². The van der Waals surface area contributed by atoms with Crippen molar-refractivity contribution >= 4 is 34.8 Å². The summed E-state index contributed by atoms with van der Waals surface area (Å²) in [7, 11) is 3.16. The number of benzene rings is 1. The predicted molar refractivity (Wildman–Crippen MR) is 118 cm³/mol. The number of carbonyl (C=O) groups is 2. The summed E-state index contributed by atoms with van der Waals surface area (Å²) < 4.78 is 10.8. The minimum Gasteiger partial charge on any atom is -0.354 e. The second-order valence-corrected chi connectivity index (χ2v) is 8.73. The van der Waals surface area contributed by atoms with E-state index < -0.39 is 18.2 Å². The van der Waals surface area contributed by atoms with E-state index in [1.165, 1.54) is 11.1 Å². The molecule has 0 spiro atoms. The summed E-state index contributed by atoms with van der Waals surface area (Å²) >= 11 is 5.50. The van der Waals surface area contributed by atoms with Gasteiger partial charge in [-0.05, 0) is 30.4 Å². The van der Waals surface area contributed by atoms with Crippen LogP contribution in [0.3, 0.4) is 0 Å². The zero-order chi connectivity index (χ0) is 21.3. The molecular formula is C23H28N2O4S. The minimum atomic E-state index is -0.607. The van der Waals surface area contributed by atoms with Crippen LogP contribution < -0.4 is 5.32 Å². The summed E-state index contributed by atoms with van der Waals surface area (Å²) in [5.41, 5.74) is 3.50. The number of nitrogens with one attached hydrogen (secondary N) is 1. The maximum absolute atomic E-state index is 13.4. The zero-order valence-corrected chi connectivity index (χ0v) is 18.2. The second-order valence-electron chi connectivity index (χ2n) is 8.20. The van der Waals surface area contributed by atoms with Crippen LogP contribution in [0, 0.1) is 5.92 Å². The van der Waals surface area contributed by atoms with Gasteiger partial charge in [0.25, 0.3) is 0 Å². The first kappa shape index (κ1) is 21.3. The molecule has 2 aliphatic heterocycles. The molecule has 2 saturated heterocycles. The second kappa shape index (κ2) is 9.06. The van der Waals surface area contributed by atoms with Crippen molar-refractivity contribution in [3.05, 3.63) is 41.0 Å². The van der Waals surface area contributed by atoms with E-state index in [0.29, 0.717) is 24.4 Å². The molecule has 1 aromatic rings. The summed E-state index contributed by atoms with van der Waals surface area (Å²) in [4.78, 5) is 29.1. The minimum absolute atomic E-state index is 0.0215. The number of hydrogen-bond acceptors (Lipinski definition) is 6. The predicted octanol–water partition coefficient (Wildman–Crippen LogP) is 2.15. The molecule has 2 fully saturated rings. The van der Waals surface area contributed by atoms with Gasteiger partial charge in [-0.25, -0.2) is 0 Å². The fourth-order valence-corrected chi connectivity index (χ4v) is 5.31. The van der Waals surface area contributed by atoms with Crippen molar-refractivity contribution in [3.63, 3.8) is 0 Å². The lowest BCUT2D eigenvalue weighted by Gasteiger charge is -2.32. The Kier molecular flexibility index (Phi) is 6.43. The van der Waals surface area contributed by atoms with Gasteiger partial charge in [-0.2, -0.15) is 0 Å². The number of thiocarbonyl (C=S) groups is 1. The van der Waals surface area contributed by atoms with E-state index in [4.69, 9.17) is 21.7 Å². The monoisotopic (exact) mass is 428 g/mol. The highest BCUT2D eigenvalue weighted by molar-refractivity contribution is 7.80. The smallest absolute Gasteiger partial charge is 0.241 e. The van der Waals surface area contributed by atoms with Gasteiger partial charge in [-0.1, -0.05) is 48.1 Å². The number of ketones is 1. The van der Waals surface area contributed by atoms with E-state index in [0.717, 1.165) is 24.8 Å². The summed E-state index contributed by atoms with van der Waals surface area (Å²) in [5, 5.41) is 3.20. The normalized spacial score (nSPS) is 25.7. The van der Waals surface area contributed by atoms with Crippen LogP contribution in [0.5, 0.6) is 0 Å². The number of allylic oxidation sites excluding steroid dienone is 1. The fourth-order valence-electron chi connectivity index (χ4n) is 4.96. The van der Waals surface area contributed by atoms with Gasteiger partial charge in [-0.15, -0.1) is 0 Å². The quantitative estimate of drug-likeness (QED) is 0.530. The summed E-state index contributed by atoms with van der Waals surface area (Å²) in [6.07, 6.45) is 4.44. The molecule has 1 aliphatic carbocycles. The van der Waals surface area contributed by atoms with Crippen molar-refractivity contribution in [3.8, 4) is 0 Å². The third kappa shape index (κ3) is 3.99. The maximum atomic E-state index is 13.4. The van der Waals surface area contributed by atoms with Gasteiger partial charge in [0.2, 0.25) is 5.91 Å². The SMILES string of the molecule is COC(OC)[C@@H]1CCCN1C(=O)[C@H]1NCC(=S)C1C(=O)CC1=Cc2ccccc2C1. The van der Waals surface area contributed by atoms with E-state index in [2.05, 4.69) is 23.5 Å². The number of nitrogens with zero attached hydrogens (tertiary/aromatic N) is 1. The van der Waals surface area contributed by atoms with Crippen molar-refractivity contribution in [2.75, 3.05) is 27.3 Å². The van der Waals surface area contributed by atoms with Gasteiger partial charge in [0.05, 0.1) is 12.0 Å². The Morgan fingerprint density at radius 2 is 2.03 bits per heavy atom. The molecule has 1 N–H and O–H groups in total. The van der Waals surface area contributed by atoms with E-state index in [9.17, 15) is 9.59 Å². The van der Waals surface area contributed by atoms with E-state index in [-0.39, 0.29) is 17.7 Å². The molecule has 160 valence electrons.